The normalized spacial score (nSPS) is 39.0. The Labute approximate surface area is 126 Å². The monoisotopic (exact) mass is 303 g/mol. The molecule has 2 fully saturated rings. The third-order valence-corrected chi connectivity index (χ3v) is 4.89. The topological polar surface area (TPSA) is 66.8 Å². The van der Waals surface area contributed by atoms with E-state index in [1.807, 2.05) is 0 Å². The minimum atomic E-state index is -1.14. The molecule has 22 heavy (non-hydrogen) atoms. The molecule has 0 aromatic heterocycles. The Hall–Kier alpha value is -2.05. The number of nitrogens with zero attached hydrogens (tertiary/aromatic N) is 1. The molecule has 2 bridgehead atoms. The number of ether oxygens (including phenoxy) is 1. The zero-order valence-corrected chi connectivity index (χ0v) is 11.8. The van der Waals surface area contributed by atoms with E-state index in [2.05, 4.69) is 0 Å². The molecule has 2 saturated heterocycles. The molecule has 4 atom stereocenters. The number of fused-ring (bicyclic) bond motifs is 5. The minimum absolute atomic E-state index is 0.335. The number of aliphatic hydroxyl groups is 1. The summed E-state index contributed by atoms with van der Waals surface area (Å²) in [6, 6.07) is 5.21. The van der Waals surface area contributed by atoms with Crippen LogP contribution in [0.15, 0.2) is 36.4 Å². The van der Waals surface area contributed by atoms with Crippen LogP contribution in [-0.4, -0.2) is 34.7 Å². The summed E-state index contributed by atoms with van der Waals surface area (Å²) in [4.78, 5) is 26.6. The molecule has 3 heterocycles. The maximum atomic E-state index is 13.1. The first kappa shape index (κ1) is 13.6. The molecule has 0 spiro atoms. The third-order valence-electron chi connectivity index (χ3n) is 4.89. The summed E-state index contributed by atoms with van der Waals surface area (Å²) in [5, 5.41) is 9.69. The second-order valence-corrected chi connectivity index (χ2v) is 6.18. The van der Waals surface area contributed by atoms with Crippen molar-refractivity contribution in [3.05, 3.63) is 42.2 Å². The first-order valence-electron chi connectivity index (χ1n) is 7.07. The highest BCUT2D eigenvalue weighted by atomic mass is 19.1. The van der Waals surface area contributed by atoms with Gasteiger partial charge in [0.05, 0.1) is 29.7 Å². The first-order valence-corrected chi connectivity index (χ1v) is 7.07. The Morgan fingerprint density at radius 1 is 1.18 bits per heavy atom. The molecule has 3 aliphatic rings. The van der Waals surface area contributed by atoms with Crippen LogP contribution in [0.4, 0.5) is 10.1 Å². The van der Waals surface area contributed by atoms with Crippen LogP contribution in [-0.2, 0) is 14.3 Å². The fourth-order valence-electron chi connectivity index (χ4n) is 3.89. The second kappa shape index (κ2) is 4.02. The average Bonchev–Trinajstić information content (AvgIpc) is 3.07. The van der Waals surface area contributed by atoms with Gasteiger partial charge in [-0.3, -0.25) is 9.59 Å². The number of rotatable bonds is 2. The number of hydrogen-bond donors (Lipinski definition) is 1. The van der Waals surface area contributed by atoms with Gasteiger partial charge < -0.3 is 9.84 Å². The van der Waals surface area contributed by atoms with E-state index in [1.165, 1.54) is 24.3 Å². The van der Waals surface area contributed by atoms with Gasteiger partial charge in [0.2, 0.25) is 11.8 Å². The fraction of sp³-hybridized carbons (Fsp3) is 0.375. The fourth-order valence-corrected chi connectivity index (χ4v) is 3.89. The molecule has 6 heteroatoms. The number of carbonyl (C=O) groups excluding carboxylic acids is 2. The molecule has 0 unspecified atom stereocenters. The van der Waals surface area contributed by atoms with Gasteiger partial charge in [-0.15, -0.1) is 0 Å². The van der Waals surface area contributed by atoms with Crippen molar-refractivity contribution < 1.29 is 23.8 Å². The Bertz CT molecular complexity index is 715. The van der Waals surface area contributed by atoms with Gasteiger partial charge in [-0.05, 0) is 31.2 Å². The van der Waals surface area contributed by atoms with Crippen molar-refractivity contribution in [3.8, 4) is 0 Å². The molecule has 0 aliphatic carbocycles. The van der Waals surface area contributed by atoms with Crippen molar-refractivity contribution in [2.24, 2.45) is 11.8 Å². The van der Waals surface area contributed by atoms with Gasteiger partial charge in [0.1, 0.15) is 11.4 Å². The van der Waals surface area contributed by atoms with Crippen molar-refractivity contribution in [3.63, 3.8) is 0 Å². The summed E-state index contributed by atoms with van der Waals surface area (Å²) in [7, 11) is 0. The molecule has 1 aromatic rings. The Kier molecular flexibility index (Phi) is 2.49. The van der Waals surface area contributed by atoms with Crippen molar-refractivity contribution in [2.45, 2.75) is 18.1 Å². The van der Waals surface area contributed by atoms with Gasteiger partial charge in [-0.2, -0.15) is 0 Å². The van der Waals surface area contributed by atoms with Gasteiger partial charge in [-0.25, -0.2) is 9.29 Å². The lowest BCUT2D eigenvalue weighted by atomic mass is 9.73. The lowest BCUT2D eigenvalue weighted by molar-refractivity contribution is -0.131. The number of carbonyl (C=O) groups is 2. The average molecular weight is 303 g/mol. The summed E-state index contributed by atoms with van der Waals surface area (Å²) in [6.07, 6.45) is 3.41. The maximum Gasteiger partial charge on any atom is 0.241 e. The van der Waals surface area contributed by atoms with Gasteiger partial charge in [0, 0.05) is 0 Å². The molecule has 5 nitrogen and oxygen atoms in total. The molecule has 2 amide bonds. The smallest absolute Gasteiger partial charge is 0.241 e. The molecule has 0 saturated carbocycles. The summed E-state index contributed by atoms with van der Waals surface area (Å²) in [5.74, 6) is -2.63. The largest absolute Gasteiger partial charge is 0.393 e. The van der Waals surface area contributed by atoms with Gasteiger partial charge in [0.15, 0.2) is 0 Å². The van der Waals surface area contributed by atoms with Gasteiger partial charge in [0.25, 0.3) is 0 Å². The maximum absolute atomic E-state index is 13.1. The van der Waals surface area contributed by atoms with Crippen LogP contribution in [0.3, 0.4) is 0 Å². The lowest BCUT2D eigenvalue weighted by Gasteiger charge is -2.26. The highest BCUT2D eigenvalue weighted by Crippen LogP contribution is 2.57. The Morgan fingerprint density at radius 3 is 2.45 bits per heavy atom. The second-order valence-electron chi connectivity index (χ2n) is 6.18. The van der Waals surface area contributed by atoms with E-state index in [4.69, 9.17) is 4.74 Å². The van der Waals surface area contributed by atoms with Crippen molar-refractivity contribution >= 4 is 17.5 Å². The summed E-state index contributed by atoms with van der Waals surface area (Å²) >= 11 is 0. The highest BCUT2D eigenvalue weighted by Gasteiger charge is 2.72. The number of halogens is 1. The summed E-state index contributed by atoms with van der Waals surface area (Å²) in [6.45, 7) is 1.38. The van der Waals surface area contributed by atoms with Crippen LogP contribution < -0.4 is 4.90 Å². The van der Waals surface area contributed by atoms with Crippen molar-refractivity contribution in [1.29, 1.82) is 0 Å². The molecule has 1 aromatic carbocycles. The molecule has 114 valence electrons. The quantitative estimate of drug-likeness (QED) is 0.654. The van der Waals surface area contributed by atoms with Crippen LogP contribution in [0.1, 0.15) is 6.92 Å². The number of benzene rings is 1. The molecule has 4 rings (SSSR count). The number of anilines is 1. The number of amides is 2. The zero-order chi connectivity index (χ0) is 15.7. The third kappa shape index (κ3) is 1.43. The van der Waals surface area contributed by atoms with E-state index < -0.39 is 34.8 Å². The number of imide groups is 1. The van der Waals surface area contributed by atoms with Gasteiger partial charge in [-0.1, -0.05) is 12.2 Å². The lowest BCUT2D eigenvalue weighted by Crippen LogP contribution is -2.43. The van der Waals surface area contributed by atoms with Crippen LogP contribution in [0.25, 0.3) is 0 Å². The predicted octanol–water partition coefficient (Wildman–Crippen LogP) is 1.02. The van der Waals surface area contributed by atoms with E-state index in [9.17, 15) is 19.1 Å². The standard InChI is InChI=1S/C16H14FNO4/c1-15-6-7-16(8-19,22-15)12-11(15)13(20)18(14(12)21)10-4-2-9(17)3-5-10/h2-7,11-12,19H,8H2,1H3/t11-,12-,15-,16-/m0/s1. The van der Waals surface area contributed by atoms with E-state index >= 15 is 0 Å². The predicted molar refractivity (Wildman–Crippen MR) is 74.3 cm³/mol. The summed E-state index contributed by atoms with van der Waals surface area (Å²) < 4.78 is 18.9. The highest BCUT2D eigenvalue weighted by molar-refractivity contribution is 6.23. The van der Waals surface area contributed by atoms with Crippen molar-refractivity contribution in [1.82, 2.24) is 0 Å². The molecular weight excluding hydrogens is 289 g/mol. The summed E-state index contributed by atoms with van der Waals surface area (Å²) in [5.41, 5.74) is -1.70. The van der Waals surface area contributed by atoms with Crippen LogP contribution in [0.5, 0.6) is 0 Å². The van der Waals surface area contributed by atoms with Crippen LogP contribution >= 0.6 is 0 Å². The Morgan fingerprint density at radius 2 is 1.82 bits per heavy atom. The van der Waals surface area contributed by atoms with E-state index in [1.54, 1.807) is 19.1 Å². The SMILES string of the molecule is C[C@@]12C=C[C@@](CO)(O1)[C@@H]1C(=O)N(c3ccc(F)cc3)C(=O)[C@H]12. The zero-order valence-electron chi connectivity index (χ0n) is 11.8. The first-order chi connectivity index (χ1) is 10.4. The van der Waals surface area contributed by atoms with Crippen molar-refractivity contribution in [2.75, 3.05) is 11.5 Å². The van der Waals surface area contributed by atoms with E-state index in [0.29, 0.717) is 5.69 Å². The minimum Gasteiger partial charge on any atom is -0.393 e. The molecular formula is C16H14FNO4. The van der Waals surface area contributed by atoms with E-state index in [-0.39, 0.29) is 12.5 Å². The van der Waals surface area contributed by atoms with E-state index in [0.717, 1.165) is 4.90 Å². The van der Waals surface area contributed by atoms with Gasteiger partial charge >= 0.3 is 0 Å². The van der Waals surface area contributed by atoms with Crippen LogP contribution in [0.2, 0.25) is 0 Å². The molecule has 3 aliphatic heterocycles. The molecule has 0 radical (unpaired) electrons. The Balaban J connectivity index is 1.80. The number of aliphatic hydroxyl groups excluding tert-OH is 1. The van der Waals surface area contributed by atoms with Crippen LogP contribution in [0, 0.1) is 17.7 Å². The molecule has 1 N–H and O–H groups in total. The number of hydrogen-bond acceptors (Lipinski definition) is 4.